The van der Waals surface area contributed by atoms with E-state index >= 15 is 0 Å². The Kier molecular flexibility index (Phi) is 10.6. The summed E-state index contributed by atoms with van der Waals surface area (Å²) < 4.78 is 10.7. The normalized spacial score (nSPS) is 12.1. The zero-order valence-electron chi connectivity index (χ0n) is 34.0. The highest BCUT2D eigenvalue weighted by Crippen LogP contribution is 2.44. The Morgan fingerprint density at radius 1 is 0.484 bits per heavy atom. The molecular formula is C50H34N6O8. The Labute approximate surface area is 364 Å². The third kappa shape index (κ3) is 7.20. The fourth-order valence-electron chi connectivity index (χ4n) is 7.64. The van der Waals surface area contributed by atoms with Crippen LogP contribution in [0.1, 0.15) is 52.6 Å². The molecule has 0 saturated heterocycles. The molecule has 0 unspecified atom stereocenters. The van der Waals surface area contributed by atoms with Gasteiger partial charge in [0.1, 0.15) is 22.9 Å². The van der Waals surface area contributed by atoms with Gasteiger partial charge in [0, 0.05) is 21.9 Å². The summed E-state index contributed by atoms with van der Waals surface area (Å²) in [4.78, 5) is 55.9. The number of anilines is 2. The van der Waals surface area contributed by atoms with Crippen molar-refractivity contribution in [1.29, 1.82) is 0 Å². The van der Waals surface area contributed by atoms with Gasteiger partial charge in [0.05, 0.1) is 59.2 Å². The van der Waals surface area contributed by atoms with Crippen molar-refractivity contribution in [2.24, 2.45) is 20.5 Å². The molecule has 0 aromatic heterocycles. The number of para-hydroxylation sites is 4. The number of phenols is 2. The van der Waals surface area contributed by atoms with E-state index in [2.05, 4.69) is 31.1 Å². The number of benzene rings is 8. The van der Waals surface area contributed by atoms with Crippen molar-refractivity contribution in [1.82, 2.24) is 0 Å². The van der Waals surface area contributed by atoms with Crippen molar-refractivity contribution >= 4 is 79.1 Å². The quantitative estimate of drug-likeness (QED) is 0.0973. The molecule has 64 heavy (non-hydrogen) atoms. The molecule has 312 valence electrons. The Morgan fingerprint density at radius 2 is 0.875 bits per heavy atom. The lowest BCUT2D eigenvalue weighted by Gasteiger charge is -2.19. The van der Waals surface area contributed by atoms with Crippen LogP contribution < -0.4 is 20.1 Å². The van der Waals surface area contributed by atoms with Crippen LogP contribution in [-0.2, 0) is 0 Å². The molecule has 0 atom stereocenters. The second kappa shape index (κ2) is 16.8. The second-order valence-corrected chi connectivity index (χ2v) is 14.5. The van der Waals surface area contributed by atoms with E-state index in [1.807, 2.05) is 0 Å². The molecule has 8 aromatic rings. The van der Waals surface area contributed by atoms with E-state index in [0.29, 0.717) is 44.4 Å². The Bertz CT molecular complexity index is 3110. The number of aromatic hydroxyl groups is 2. The van der Waals surface area contributed by atoms with E-state index in [1.54, 1.807) is 109 Å². The molecule has 0 radical (unpaired) electrons. The van der Waals surface area contributed by atoms with Gasteiger partial charge in [0.15, 0.2) is 23.1 Å². The third-order valence-corrected chi connectivity index (χ3v) is 10.7. The van der Waals surface area contributed by atoms with Crippen LogP contribution in [-0.4, -0.2) is 47.8 Å². The summed E-state index contributed by atoms with van der Waals surface area (Å²) in [6.07, 6.45) is 0. The van der Waals surface area contributed by atoms with E-state index in [0.717, 1.165) is 0 Å². The Morgan fingerprint density at radius 3 is 1.30 bits per heavy atom. The largest absolute Gasteiger partial charge is 0.505 e. The minimum absolute atomic E-state index is 0.0240. The first-order chi connectivity index (χ1) is 31.2. The molecular weight excluding hydrogens is 813 g/mol. The standard InChI is InChI=1S/C50H34N6O8/c1-63-39-23-9-7-19-35(39)51-49(61)33-25-27-13-3-5-15-29(27)43(47(33)59)55-53-37-21-11-17-31-41(37)45(57)32-18-12-22-38(42(32)46(31)58)54-56-44-30-16-6-4-14-28(30)26-34(48(44)60)50(62)52-36-20-8-10-24-40(36)64-2/h3-26,59-60H,1-2H3,(H,51,61)(H,52,62). The predicted molar refractivity (Wildman–Crippen MR) is 241 cm³/mol. The highest BCUT2D eigenvalue weighted by atomic mass is 16.5. The first-order valence-electron chi connectivity index (χ1n) is 19.7. The van der Waals surface area contributed by atoms with Crippen molar-refractivity contribution in [2.45, 2.75) is 0 Å². The number of rotatable bonds is 10. The van der Waals surface area contributed by atoms with Gasteiger partial charge in [-0.05, 0) is 59.3 Å². The summed E-state index contributed by atoms with van der Waals surface area (Å²) in [5, 5.41) is 48.3. The van der Waals surface area contributed by atoms with E-state index in [1.165, 1.54) is 50.6 Å². The number of azo groups is 2. The van der Waals surface area contributed by atoms with Gasteiger partial charge in [-0.3, -0.25) is 19.2 Å². The van der Waals surface area contributed by atoms with E-state index in [4.69, 9.17) is 9.47 Å². The van der Waals surface area contributed by atoms with Gasteiger partial charge < -0.3 is 30.3 Å². The molecule has 9 rings (SSSR count). The number of hydrogen-bond donors (Lipinski definition) is 4. The number of carbonyl (C=O) groups excluding carboxylic acids is 4. The van der Waals surface area contributed by atoms with Crippen LogP contribution in [0.3, 0.4) is 0 Å². The van der Waals surface area contributed by atoms with Crippen molar-refractivity contribution in [3.63, 3.8) is 0 Å². The highest BCUT2D eigenvalue weighted by Gasteiger charge is 2.34. The number of phenolic OH excluding ortho intramolecular Hbond substituents is 2. The summed E-state index contributed by atoms with van der Waals surface area (Å²) in [6, 6.07) is 39.8. The fraction of sp³-hybridized carbons (Fsp3) is 0.0400. The number of ketones is 2. The zero-order chi connectivity index (χ0) is 44.5. The minimum atomic E-state index is -0.627. The van der Waals surface area contributed by atoms with Gasteiger partial charge in [0.2, 0.25) is 0 Å². The number of nitrogens with one attached hydrogen (secondary N) is 2. The number of hydrogen-bond acceptors (Lipinski definition) is 12. The van der Waals surface area contributed by atoms with E-state index in [-0.39, 0.29) is 56.1 Å². The number of amides is 2. The molecule has 4 N–H and O–H groups in total. The fourth-order valence-corrected chi connectivity index (χ4v) is 7.64. The van der Waals surface area contributed by atoms with Crippen LogP contribution in [0, 0.1) is 0 Å². The van der Waals surface area contributed by atoms with Crippen LogP contribution in [0.15, 0.2) is 166 Å². The molecule has 14 nitrogen and oxygen atoms in total. The van der Waals surface area contributed by atoms with Gasteiger partial charge >= 0.3 is 0 Å². The number of nitrogens with zero attached hydrogens (tertiary/aromatic N) is 4. The molecule has 0 spiro atoms. The Balaban J connectivity index is 1.06. The summed E-state index contributed by atoms with van der Waals surface area (Å²) in [5.74, 6) is -2.41. The average molecular weight is 847 g/mol. The maximum atomic E-state index is 14.4. The van der Waals surface area contributed by atoms with E-state index in [9.17, 15) is 29.4 Å². The lowest BCUT2D eigenvalue weighted by atomic mass is 9.82. The Hall–Kier alpha value is -9.04. The molecule has 0 heterocycles. The summed E-state index contributed by atoms with van der Waals surface area (Å²) in [6.45, 7) is 0. The molecule has 8 aromatic carbocycles. The van der Waals surface area contributed by atoms with E-state index < -0.39 is 34.9 Å². The first kappa shape index (κ1) is 40.4. The number of methoxy groups -OCH3 is 2. The van der Waals surface area contributed by atoms with Gasteiger partial charge in [-0.15, -0.1) is 20.5 Å². The summed E-state index contributed by atoms with van der Waals surface area (Å²) in [7, 11) is 2.95. The average Bonchev–Trinajstić information content (AvgIpc) is 3.32. The van der Waals surface area contributed by atoms with Crippen LogP contribution in [0.25, 0.3) is 21.5 Å². The van der Waals surface area contributed by atoms with Crippen LogP contribution in [0.4, 0.5) is 34.1 Å². The zero-order valence-corrected chi connectivity index (χ0v) is 34.0. The minimum Gasteiger partial charge on any atom is -0.505 e. The maximum absolute atomic E-state index is 14.4. The topological polar surface area (TPSA) is 201 Å². The SMILES string of the molecule is COc1ccccc1NC(=O)c1cc2ccccc2c(N=Nc2cccc3c2C(=O)c2cccc(N=Nc4c(O)c(C(=O)Nc5ccccc5OC)cc5ccccc45)c2C3=O)c1O. The maximum Gasteiger partial charge on any atom is 0.259 e. The summed E-state index contributed by atoms with van der Waals surface area (Å²) in [5.41, 5.74) is 0.638. The lowest BCUT2D eigenvalue weighted by molar-refractivity contribution is 0.0980. The van der Waals surface area contributed by atoms with Gasteiger partial charge in [-0.1, -0.05) is 97.1 Å². The van der Waals surface area contributed by atoms with Gasteiger partial charge in [0.25, 0.3) is 11.8 Å². The van der Waals surface area contributed by atoms with Crippen LogP contribution in [0.5, 0.6) is 23.0 Å². The van der Waals surface area contributed by atoms with Crippen LogP contribution in [0.2, 0.25) is 0 Å². The van der Waals surface area contributed by atoms with Crippen LogP contribution >= 0.6 is 0 Å². The molecule has 1 aliphatic carbocycles. The highest BCUT2D eigenvalue weighted by molar-refractivity contribution is 6.31. The second-order valence-electron chi connectivity index (χ2n) is 14.5. The first-order valence-corrected chi connectivity index (χ1v) is 19.7. The molecule has 0 saturated carbocycles. The third-order valence-electron chi connectivity index (χ3n) is 10.7. The monoisotopic (exact) mass is 846 g/mol. The van der Waals surface area contributed by atoms with Gasteiger partial charge in [-0.2, -0.15) is 0 Å². The smallest absolute Gasteiger partial charge is 0.259 e. The van der Waals surface area contributed by atoms with Crippen molar-refractivity contribution < 1.29 is 38.9 Å². The van der Waals surface area contributed by atoms with Gasteiger partial charge in [-0.25, -0.2) is 0 Å². The number of ether oxygens (including phenoxy) is 2. The molecule has 0 fully saturated rings. The molecule has 0 aliphatic heterocycles. The predicted octanol–water partition coefficient (Wildman–Crippen LogP) is 11.5. The molecule has 14 heteroatoms. The molecule has 2 amide bonds. The van der Waals surface area contributed by atoms with Crippen molar-refractivity contribution in [3.8, 4) is 23.0 Å². The number of fused-ring (bicyclic) bond motifs is 4. The van der Waals surface area contributed by atoms with Crippen molar-refractivity contribution in [2.75, 3.05) is 24.9 Å². The molecule has 1 aliphatic rings. The lowest BCUT2D eigenvalue weighted by Crippen LogP contribution is -2.21. The van der Waals surface area contributed by atoms with Crippen molar-refractivity contribution in [3.05, 3.63) is 179 Å². The summed E-state index contributed by atoms with van der Waals surface area (Å²) >= 11 is 0. The number of carbonyl (C=O) groups is 4. The molecule has 0 bridgehead atoms.